The Bertz CT molecular complexity index is 847. The van der Waals surface area contributed by atoms with Gasteiger partial charge < -0.3 is 14.6 Å². The van der Waals surface area contributed by atoms with Crippen molar-refractivity contribution in [2.24, 2.45) is 0 Å². The minimum absolute atomic E-state index is 0.0574. The van der Waals surface area contributed by atoms with Crippen LogP contribution < -0.4 is 9.47 Å². The average molecular weight is 338 g/mol. The highest BCUT2D eigenvalue weighted by Crippen LogP contribution is 2.37. The molecule has 2 aromatic carbocycles. The van der Waals surface area contributed by atoms with E-state index in [0.29, 0.717) is 22.6 Å². The van der Waals surface area contributed by atoms with Crippen molar-refractivity contribution in [2.75, 3.05) is 6.61 Å². The normalized spacial score (nSPS) is 16.9. The summed E-state index contributed by atoms with van der Waals surface area (Å²) in [4.78, 5) is 23.4. The van der Waals surface area contributed by atoms with Gasteiger partial charge >= 0.3 is 5.97 Å². The molecule has 0 fully saturated rings. The lowest BCUT2D eigenvalue weighted by Gasteiger charge is -2.34. The van der Waals surface area contributed by atoms with Gasteiger partial charge in [-0.15, -0.1) is 0 Å². The molecule has 0 radical (unpaired) electrons. The van der Waals surface area contributed by atoms with Crippen LogP contribution in [0.1, 0.15) is 29.8 Å². The molecule has 0 amide bonds. The fourth-order valence-electron chi connectivity index (χ4n) is 2.70. The Morgan fingerprint density at radius 2 is 1.84 bits per heavy atom. The lowest BCUT2D eigenvalue weighted by Crippen LogP contribution is -2.38. The average Bonchev–Trinajstić information content (AvgIpc) is 2.57. The number of hydrogen-bond donors (Lipinski definition) is 1. The topological polar surface area (TPSA) is 72.8 Å². The van der Waals surface area contributed by atoms with Gasteiger partial charge in [-0.3, -0.25) is 4.79 Å². The van der Waals surface area contributed by atoms with Crippen LogP contribution in [0, 0.1) is 0 Å². The van der Waals surface area contributed by atoms with E-state index in [2.05, 4.69) is 0 Å². The number of carbonyl (C=O) groups excluding carboxylic acids is 1. The predicted molar refractivity (Wildman–Crippen MR) is 93.0 cm³/mol. The minimum atomic E-state index is -1.03. The molecule has 5 heteroatoms. The molecule has 1 aliphatic heterocycles. The highest BCUT2D eigenvalue weighted by atomic mass is 16.5. The number of aliphatic carboxylic acids is 1. The monoisotopic (exact) mass is 338 g/mol. The molecule has 1 N–H and O–H groups in total. The summed E-state index contributed by atoms with van der Waals surface area (Å²) in [5, 5.41) is 8.63. The van der Waals surface area contributed by atoms with E-state index in [1.54, 1.807) is 42.5 Å². The number of carboxylic acids is 1. The third kappa shape index (κ3) is 3.55. The summed E-state index contributed by atoms with van der Waals surface area (Å²) in [6.45, 7) is 3.32. The summed E-state index contributed by atoms with van der Waals surface area (Å²) in [5.41, 5.74) is 1.17. The van der Waals surface area contributed by atoms with E-state index < -0.39 is 18.2 Å². The van der Waals surface area contributed by atoms with E-state index in [1.807, 2.05) is 26.0 Å². The number of carbonyl (C=O) groups is 2. The standard InChI is InChI=1S/C20H18O5/c1-20(2)16(19(23)15-5-3-4-6-17(15)25-20)11-13-7-9-14(10-8-13)24-12-18(21)22/h3-11H,12H2,1-2H3,(H,21,22)/b16-11-. The number of fused-ring (bicyclic) bond motifs is 1. The summed E-state index contributed by atoms with van der Waals surface area (Å²) in [7, 11) is 0. The summed E-state index contributed by atoms with van der Waals surface area (Å²) in [5.74, 6) is -0.0398. The number of ketones is 1. The summed E-state index contributed by atoms with van der Waals surface area (Å²) < 4.78 is 11.1. The summed E-state index contributed by atoms with van der Waals surface area (Å²) in [6.07, 6.45) is 1.79. The molecule has 1 heterocycles. The Hall–Kier alpha value is -3.08. The highest BCUT2D eigenvalue weighted by molar-refractivity contribution is 6.15. The van der Waals surface area contributed by atoms with Crippen molar-refractivity contribution in [2.45, 2.75) is 19.4 Å². The van der Waals surface area contributed by atoms with Gasteiger partial charge in [0.05, 0.1) is 5.56 Å². The number of ether oxygens (including phenoxy) is 2. The fraction of sp³-hybridized carbons (Fsp3) is 0.200. The first kappa shape index (κ1) is 16.8. The number of carboxylic acid groups (broad SMARTS) is 1. The Kier molecular flexibility index (Phi) is 4.31. The zero-order chi connectivity index (χ0) is 18.0. The largest absolute Gasteiger partial charge is 0.482 e. The lowest BCUT2D eigenvalue weighted by atomic mass is 9.86. The summed E-state index contributed by atoms with van der Waals surface area (Å²) >= 11 is 0. The second kappa shape index (κ2) is 6.43. The molecule has 0 aromatic heterocycles. The van der Waals surface area contributed by atoms with Crippen molar-refractivity contribution in [1.82, 2.24) is 0 Å². The van der Waals surface area contributed by atoms with Gasteiger partial charge in [0.1, 0.15) is 17.1 Å². The van der Waals surface area contributed by atoms with E-state index in [4.69, 9.17) is 14.6 Å². The van der Waals surface area contributed by atoms with Crippen LogP contribution in [0.5, 0.6) is 11.5 Å². The zero-order valence-electron chi connectivity index (χ0n) is 14.0. The number of benzene rings is 2. The van der Waals surface area contributed by atoms with E-state index in [-0.39, 0.29) is 5.78 Å². The number of Topliss-reactive ketones (excluding diaryl/α,β-unsaturated/α-hetero) is 1. The minimum Gasteiger partial charge on any atom is -0.482 e. The maximum Gasteiger partial charge on any atom is 0.341 e. The van der Waals surface area contributed by atoms with Crippen molar-refractivity contribution in [1.29, 1.82) is 0 Å². The molecule has 0 saturated carbocycles. The first-order valence-electron chi connectivity index (χ1n) is 7.86. The number of hydrogen-bond acceptors (Lipinski definition) is 4. The molecule has 0 bridgehead atoms. The highest BCUT2D eigenvalue weighted by Gasteiger charge is 2.37. The van der Waals surface area contributed by atoms with Crippen LogP contribution >= 0.6 is 0 Å². The first-order chi connectivity index (χ1) is 11.9. The van der Waals surface area contributed by atoms with Gasteiger partial charge in [0, 0.05) is 5.57 Å². The quantitative estimate of drug-likeness (QED) is 0.863. The van der Waals surface area contributed by atoms with Crippen molar-refractivity contribution in [3.63, 3.8) is 0 Å². The second-order valence-corrected chi connectivity index (χ2v) is 6.25. The van der Waals surface area contributed by atoms with Crippen molar-refractivity contribution in [3.8, 4) is 11.5 Å². The van der Waals surface area contributed by atoms with Gasteiger partial charge in [-0.1, -0.05) is 24.3 Å². The molecule has 128 valence electrons. The third-order valence-corrected chi connectivity index (χ3v) is 3.94. The predicted octanol–water partition coefficient (Wildman–Crippen LogP) is 3.59. The molecule has 0 aliphatic carbocycles. The van der Waals surface area contributed by atoms with Gasteiger partial charge in [-0.25, -0.2) is 4.79 Å². The first-order valence-corrected chi connectivity index (χ1v) is 7.86. The molecule has 0 unspecified atom stereocenters. The maximum absolute atomic E-state index is 12.8. The van der Waals surface area contributed by atoms with Gasteiger partial charge in [0.15, 0.2) is 12.4 Å². The molecule has 1 aliphatic rings. The van der Waals surface area contributed by atoms with Crippen LogP contribution in [0.2, 0.25) is 0 Å². The molecule has 5 nitrogen and oxygen atoms in total. The smallest absolute Gasteiger partial charge is 0.341 e. The Morgan fingerprint density at radius 3 is 2.52 bits per heavy atom. The van der Waals surface area contributed by atoms with Gasteiger partial charge in [-0.05, 0) is 49.8 Å². The molecule has 3 rings (SSSR count). The van der Waals surface area contributed by atoms with Crippen molar-refractivity contribution in [3.05, 3.63) is 65.2 Å². The Balaban J connectivity index is 1.89. The second-order valence-electron chi connectivity index (χ2n) is 6.25. The van der Waals surface area contributed by atoms with E-state index in [1.165, 1.54) is 0 Å². The van der Waals surface area contributed by atoms with Crippen LogP contribution in [-0.4, -0.2) is 29.1 Å². The number of rotatable bonds is 4. The Morgan fingerprint density at radius 1 is 1.16 bits per heavy atom. The van der Waals surface area contributed by atoms with Gasteiger partial charge in [0.25, 0.3) is 0 Å². The van der Waals surface area contributed by atoms with Crippen LogP contribution in [0.3, 0.4) is 0 Å². The molecule has 0 atom stereocenters. The lowest BCUT2D eigenvalue weighted by molar-refractivity contribution is -0.139. The van der Waals surface area contributed by atoms with Crippen LogP contribution in [0.4, 0.5) is 0 Å². The molecule has 0 saturated heterocycles. The maximum atomic E-state index is 12.8. The zero-order valence-corrected chi connectivity index (χ0v) is 14.0. The molecule has 25 heavy (non-hydrogen) atoms. The molecule has 2 aromatic rings. The Labute approximate surface area is 145 Å². The molecule has 0 spiro atoms. The van der Waals surface area contributed by atoms with Gasteiger partial charge in [-0.2, -0.15) is 0 Å². The third-order valence-electron chi connectivity index (χ3n) is 3.94. The van der Waals surface area contributed by atoms with Crippen molar-refractivity contribution >= 4 is 17.8 Å². The van der Waals surface area contributed by atoms with Gasteiger partial charge in [0.2, 0.25) is 0 Å². The molecular weight excluding hydrogens is 320 g/mol. The molecular formula is C20H18O5. The summed E-state index contributed by atoms with van der Waals surface area (Å²) in [6, 6.07) is 14.1. The van der Waals surface area contributed by atoms with Crippen LogP contribution in [-0.2, 0) is 4.79 Å². The van der Waals surface area contributed by atoms with Crippen LogP contribution in [0.15, 0.2) is 54.1 Å². The van der Waals surface area contributed by atoms with Crippen LogP contribution in [0.25, 0.3) is 6.08 Å². The number of para-hydroxylation sites is 1. The van der Waals surface area contributed by atoms with E-state index >= 15 is 0 Å². The van der Waals surface area contributed by atoms with E-state index in [0.717, 1.165) is 5.56 Å². The SMILES string of the molecule is CC1(C)Oc2ccccc2C(=O)/C1=C/c1ccc(OCC(=O)O)cc1. The fourth-order valence-corrected chi connectivity index (χ4v) is 2.70. The van der Waals surface area contributed by atoms with Crippen molar-refractivity contribution < 1.29 is 24.2 Å². The van der Waals surface area contributed by atoms with E-state index in [9.17, 15) is 9.59 Å².